The van der Waals surface area contributed by atoms with E-state index >= 15 is 0 Å². The van der Waals surface area contributed by atoms with Gasteiger partial charge in [-0.15, -0.1) is 0 Å². The van der Waals surface area contributed by atoms with Crippen molar-refractivity contribution in [2.24, 2.45) is 11.8 Å². The zero-order valence-electron chi connectivity index (χ0n) is 11.9. The molecule has 1 saturated carbocycles. The molecule has 1 aromatic carbocycles. The van der Waals surface area contributed by atoms with Crippen LogP contribution in [0.4, 0.5) is 0 Å². The highest BCUT2D eigenvalue weighted by Gasteiger charge is 2.49. The van der Waals surface area contributed by atoms with E-state index in [1.807, 2.05) is 0 Å². The second kappa shape index (κ2) is 5.00. The van der Waals surface area contributed by atoms with E-state index in [2.05, 4.69) is 68.6 Å². The SMILES string of the molecule is CN(C)C(C)(C)C(NN)C1CC1c1ccccc1. The summed E-state index contributed by atoms with van der Waals surface area (Å²) in [5.74, 6) is 7.09. The van der Waals surface area contributed by atoms with Crippen LogP contribution in [-0.2, 0) is 0 Å². The molecule has 0 spiro atoms. The first-order valence-electron chi connectivity index (χ1n) is 6.67. The van der Waals surface area contributed by atoms with Crippen molar-refractivity contribution in [1.29, 1.82) is 0 Å². The van der Waals surface area contributed by atoms with E-state index in [1.165, 1.54) is 12.0 Å². The van der Waals surface area contributed by atoms with Crippen molar-refractivity contribution in [3.05, 3.63) is 35.9 Å². The molecular formula is C15H25N3. The molecule has 3 heteroatoms. The lowest BCUT2D eigenvalue weighted by molar-refractivity contribution is 0.124. The van der Waals surface area contributed by atoms with Gasteiger partial charge in [-0.05, 0) is 51.8 Å². The van der Waals surface area contributed by atoms with Gasteiger partial charge in [0.25, 0.3) is 0 Å². The normalized spacial score (nSPS) is 25.2. The summed E-state index contributed by atoms with van der Waals surface area (Å²) in [5.41, 5.74) is 4.54. The van der Waals surface area contributed by atoms with E-state index in [0.717, 1.165) is 0 Å². The molecule has 3 unspecified atom stereocenters. The third-order valence-corrected chi connectivity index (χ3v) is 4.59. The molecule has 0 aromatic heterocycles. The van der Waals surface area contributed by atoms with Gasteiger partial charge < -0.3 is 4.90 Å². The van der Waals surface area contributed by atoms with Crippen LogP contribution in [0, 0.1) is 5.92 Å². The molecule has 0 amide bonds. The van der Waals surface area contributed by atoms with Gasteiger partial charge in [0, 0.05) is 11.6 Å². The van der Waals surface area contributed by atoms with Crippen LogP contribution in [0.1, 0.15) is 31.7 Å². The molecule has 3 atom stereocenters. The Morgan fingerprint density at radius 3 is 2.39 bits per heavy atom. The standard InChI is InChI=1S/C15H25N3/c1-15(2,18(3)4)14(17-16)13-10-12(13)11-8-6-5-7-9-11/h5-9,12-14,17H,10,16H2,1-4H3. The summed E-state index contributed by atoms with van der Waals surface area (Å²) in [7, 11) is 4.23. The first-order valence-corrected chi connectivity index (χ1v) is 6.67. The summed E-state index contributed by atoms with van der Waals surface area (Å²) in [6.45, 7) is 4.50. The third kappa shape index (κ3) is 2.44. The first-order chi connectivity index (χ1) is 8.48. The average molecular weight is 247 g/mol. The summed E-state index contributed by atoms with van der Waals surface area (Å²) in [6, 6.07) is 11.1. The van der Waals surface area contributed by atoms with Gasteiger partial charge in [-0.3, -0.25) is 11.3 Å². The fourth-order valence-electron chi connectivity index (χ4n) is 2.80. The molecule has 100 valence electrons. The predicted molar refractivity (Wildman–Crippen MR) is 76.2 cm³/mol. The predicted octanol–water partition coefficient (Wildman–Crippen LogP) is 1.96. The van der Waals surface area contributed by atoms with Gasteiger partial charge in [0.15, 0.2) is 0 Å². The largest absolute Gasteiger partial charge is 0.303 e. The number of rotatable bonds is 5. The fourth-order valence-corrected chi connectivity index (χ4v) is 2.80. The Balaban J connectivity index is 2.10. The highest BCUT2D eigenvalue weighted by atomic mass is 15.3. The van der Waals surface area contributed by atoms with Crippen molar-refractivity contribution in [2.75, 3.05) is 14.1 Å². The summed E-state index contributed by atoms with van der Waals surface area (Å²) in [4.78, 5) is 2.25. The van der Waals surface area contributed by atoms with Crippen molar-refractivity contribution in [3.63, 3.8) is 0 Å². The number of likely N-dealkylation sites (N-methyl/N-ethyl adjacent to an activating group) is 1. The van der Waals surface area contributed by atoms with Crippen LogP contribution < -0.4 is 11.3 Å². The maximum atomic E-state index is 5.80. The molecular weight excluding hydrogens is 222 g/mol. The molecule has 2 rings (SSSR count). The van der Waals surface area contributed by atoms with Gasteiger partial charge >= 0.3 is 0 Å². The second-order valence-electron chi connectivity index (χ2n) is 6.11. The van der Waals surface area contributed by atoms with E-state index in [0.29, 0.717) is 17.9 Å². The number of hydrazine groups is 1. The minimum Gasteiger partial charge on any atom is -0.303 e. The van der Waals surface area contributed by atoms with Crippen LogP contribution in [0.25, 0.3) is 0 Å². The molecule has 0 bridgehead atoms. The topological polar surface area (TPSA) is 41.3 Å². The highest BCUT2D eigenvalue weighted by Crippen LogP contribution is 2.51. The van der Waals surface area contributed by atoms with Crippen molar-refractivity contribution in [3.8, 4) is 0 Å². The van der Waals surface area contributed by atoms with Gasteiger partial charge in [0.05, 0.1) is 0 Å². The van der Waals surface area contributed by atoms with E-state index in [9.17, 15) is 0 Å². The summed E-state index contributed by atoms with van der Waals surface area (Å²) < 4.78 is 0. The van der Waals surface area contributed by atoms with Crippen LogP contribution in [-0.4, -0.2) is 30.6 Å². The van der Waals surface area contributed by atoms with Crippen LogP contribution in [0.2, 0.25) is 0 Å². The number of benzene rings is 1. The maximum Gasteiger partial charge on any atom is 0.0423 e. The number of nitrogens with two attached hydrogens (primary N) is 1. The maximum absolute atomic E-state index is 5.80. The lowest BCUT2D eigenvalue weighted by atomic mass is 9.88. The number of nitrogens with one attached hydrogen (secondary N) is 1. The Hall–Kier alpha value is -0.900. The molecule has 1 fully saturated rings. The Labute approximate surface area is 110 Å². The zero-order valence-corrected chi connectivity index (χ0v) is 11.9. The van der Waals surface area contributed by atoms with Gasteiger partial charge in [0.2, 0.25) is 0 Å². The molecule has 0 radical (unpaired) electrons. The van der Waals surface area contributed by atoms with E-state index in [4.69, 9.17) is 5.84 Å². The summed E-state index contributed by atoms with van der Waals surface area (Å²) in [5, 5.41) is 0. The lowest BCUT2D eigenvalue weighted by Crippen LogP contribution is -2.58. The molecule has 0 heterocycles. The third-order valence-electron chi connectivity index (χ3n) is 4.59. The Kier molecular flexibility index (Phi) is 3.76. The summed E-state index contributed by atoms with van der Waals surface area (Å²) in [6.07, 6.45) is 1.23. The van der Waals surface area contributed by atoms with Crippen LogP contribution in [0.15, 0.2) is 30.3 Å². The van der Waals surface area contributed by atoms with Crippen molar-refractivity contribution < 1.29 is 0 Å². The highest BCUT2D eigenvalue weighted by molar-refractivity contribution is 5.27. The minimum absolute atomic E-state index is 0.0585. The molecule has 1 aromatic rings. The molecule has 1 aliphatic carbocycles. The molecule has 1 aliphatic rings. The zero-order chi connectivity index (χ0) is 13.3. The van der Waals surface area contributed by atoms with Crippen molar-refractivity contribution in [1.82, 2.24) is 10.3 Å². The van der Waals surface area contributed by atoms with Gasteiger partial charge in [-0.25, -0.2) is 0 Å². The van der Waals surface area contributed by atoms with Gasteiger partial charge in [-0.2, -0.15) is 0 Å². The van der Waals surface area contributed by atoms with Crippen LogP contribution in [0.3, 0.4) is 0 Å². The molecule has 3 N–H and O–H groups in total. The van der Waals surface area contributed by atoms with E-state index in [-0.39, 0.29) is 5.54 Å². The van der Waals surface area contributed by atoms with Crippen LogP contribution in [0.5, 0.6) is 0 Å². The van der Waals surface area contributed by atoms with E-state index < -0.39 is 0 Å². The number of hydrogen-bond acceptors (Lipinski definition) is 3. The monoisotopic (exact) mass is 247 g/mol. The Bertz CT molecular complexity index is 386. The summed E-state index contributed by atoms with van der Waals surface area (Å²) >= 11 is 0. The Morgan fingerprint density at radius 1 is 1.28 bits per heavy atom. The lowest BCUT2D eigenvalue weighted by Gasteiger charge is -2.40. The minimum atomic E-state index is 0.0585. The molecule has 3 nitrogen and oxygen atoms in total. The van der Waals surface area contributed by atoms with E-state index in [1.54, 1.807) is 0 Å². The van der Waals surface area contributed by atoms with Gasteiger partial charge in [0.1, 0.15) is 0 Å². The van der Waals surface area contributed by atoms with Gasteiger partial charge in [-0.1, -0.05) is 30.3 Å². The fraction of sp³-hybridized carbons (Fsp3) is 0.600. The van der Waals surface area contributed by atoms with Crippen LogP contribution >= 0.6 is 0 Å². The number of hydrogen-bond donors (Lipinski definition) is 2. The average Bonchev–Trinajstić information content (AvgIpc) is 3.11. The number of nitrogens with zero attached hydrogens (tertiary/aromatic N) is 1. The first kappa shape index (κ1) is 13.5. The molecule has 0 aliphatic heterocycles. The van der Waals surface area contributed by atoms with Crippen molar-refractivity contribution in [2.45, 2.75) is 37.8 Å². The quantitative estimate of drug-likeness (QED) is 0.617. The Morgan fingerprint density at radius 2 is 1.89 bits per heavy atom. The smallest absolute Gasteiger partial charge is 0.0423 e. The van der Waals surface area contributed by atoms with Crippen molar-refractivity contribution >= 4 is 0 Å². The molecule has 18 heavy (non-hydrogen) atoms. The molecule has 0 saturated heterocycles. The second-order valence-corrected chi connectivity index (χ2v) is 6.11.